The van der Waals surface area contributed by atoms with Crippen molar-refractivity contribution in [1.82, 2.24) is 16.0 Å². The van der Waals surface area contributed by atoms with Crippen molar-refractivity contribution in [3.05, 3.63) is 35.6 Å². The second kappa shape index (κ2) is 18.9. The van der Waals surface area contributed by atoms with Crippen LogP contribution < -0.4 is 38.9 Å². The van der Waals surface area contributed by atoms with E-state index in [1.807, 2.05) is 0 Å². The number of nitrogens with one attached hydrogen (secondary N) is 3. The quantitative estimate of drug-likeness (QED) is 0.0737. The SMILES string of the molecule is NCCCC[C@H](NC(=O)Cc1cccc(F)c1)C(=O)N[C@@H](CCCCN)C(=O)NCCCCN=C(N)N. The van der Waals surface area contributed by atoms with Gasteiger partial charge in [-0.3, -0.25) is 19.4 Å². The standard InChI is InChI=1S/C25H43FN8O3/c26-19-9-7-8-18(16-19)17-22(35)33-21(11-2-4-13-28)24(37)34-20(10-1-3-12-27)23(36)31-14-5-6-15-32-25(29)30/h7-9,16,20-21H,1-6,10-15,17,27-28H2,(H,31,36)(H,33,35)(H,34,37)(H4,29,30,32)/t20-,21-/m0/s1. The average molecular weight is 523 g/mol. The molecule has 11 N–H and O–H groups in total. The molecule has 0 saturated carbocycles. The zero-order chi connectivity index (χ0) is 27.5. The first-order chi connectivity index (χ1) is 17.8. The van der Waals surface area contributed by atoms with Crippen LogP contribution in [0.2, 0.25) is 0 Å². The van der Waals surface area contributed by atoms with Crippen LogP contribution >= 0.6 is 0 Å². The molecule has 0 radical (unpaired) electrons. The molecule has 37 heavy (non-hydrogen) atoms. The van der Waals surface area contributed by atoms with Crippen molar-refractivity contribution in [3.63, 3.8) is 0 Å². The Labute approximate surface area is 218 Å². The Balaban J connectivity index is 2.77. The monoisotopic (exact) mass is 522 g/mol. The van der Waals surface area contributed by atoms with Gasteiger partial charge in [0.05, 0.1) is 6.42 Å². The van der Waals surface area contributed by atoms with Gasteiger partial charge in [-0.05, 0) is 82.2 Å². The van der Waals surface area contributed by atoms with E-state index in [0.717, 1.165) is 0 Å². The number of carbonyl (C=O) groups is 3. The maximum Gasteiger partial charge on any atom is 0.243 e. The van der Waals surface area contributed by atoms with Crippen LogP contribution in [0.5, 0.6) is 0 Å². The predicted molar refractivity (Wildman–Crippen MR) is 143 cm³/mol. The van der Waals surface area contributed by atoms with Crippen molar-refractivity contribution in [1.29, 1.82) is 0 Å². The molecule has 0 heterocycles. The summed E-state index contributed by atoms with van der Waals surface area (Å²) in [6, 6.07) is 4.12. The molecule has 0 aliphatic rings. The van der Waals surface area contributed by atoms with Gasteiger partial charge in [0.1, 0.15) is 17.9 Å². The van der Waals surface area contributed by atoms with E-state index in [-0.39, 0.29) is 18.3 Å². The number of nitrogens with two attached hydrogens (primary N) is 4. The summed E-state index contributed by atoms with van der Waals surface area (Å²) >= 11 is 0. The highest BCUT2D eigenvalue weighted by Crippen LogP contribution is 2.08. The Hall–Kier alpha value is -3.25. The first-order valence-electron chi connectivity index (χ1n) is 12.8. The second-order valence-electron chi connectivity index (χ2n) is 8.86. The first-order valence-corrected chi connectivity index (χ1v) is 12.8. The summed E-state index contributed by atoms with van der Waals surface area (Å²) in [6.07, 6.45) is 4.74. The van der Waals surface area contributed by atoms with E-state index >= 15 is 0 Å². The molecule has 0 aliphatic heterocycles. The van der Waals surface area contributed by atoms with Crippen molar-refractivity contribution >= 4 is 23.7 Å². The van der Waals surface area contributed by atoms with Gasteiger partial charge in [-0.2, -0.15) is 0 Å². The van der Waals surface area contributed by atoms with E-state index < -0.39 is 29.7 Å². The molecule has 3 amide bonds. The lowest BCUT2D eigenvalue weighted by molar-refractivity contribution is -0.132. The molecule has 12 heteroatoms. The van der Waals surface area contributed by atoms with E-state index in [1.165, 1.54) is 18.2 Å². The smallest absolute Gasteiger partial charge is 0.243 e. The fourth-order valence-electron chi connectivity index (χ4n) is 3.65. The Kier molecular flexibility index (Phi) is 16.3. The summed E-state index contributed by atoms with van der Waals surface area (Å²) in [7, 11) is 0. The van der Waals surface area contributed by atoms with Gasteiger partial charge in [0.25, 0.3) is 0 Å². The predicted octanol–water partition coefficient (Wildman–Crippen LogP) is -0.234. The fraction of sp³-hybridized carbons (Fsp3) is 0.600. The van der Waals surface area contributed by atoms with Gasteiger partial charge in [0.2, 0.25) is 17.7 Å². The van der Waals surface area contributed by atoms with Gasteiger partial charge in [-0.25, -0.2) is 4.39 Å². The van der Waals surface area contributed by atoms with Crippen molar-refractivity contribution in [2.45, 2.75) is 69.9 Å². The normalized spacial score (nSPS) is 12.3. The molecule has 2 atom stereocenters. The number of hydrogen-bond donors (Lipinski definition) is 7. The molecular weight excluding hydrogens is 479 g/mol. The lowest BCUT2D eigenvalue weighted by Gasteiger charge is -2.23. The van der Waals surface area contributed by atoms with E-state index in [0.29, 0.717) is 83.1 Å². The summed E-state index contributed by atoms with van der Waals surface area (Å²) < 4.78 is 13.5. The summed E-state index contributed by atoms with van der Waals surface area (Å²) in [4.78, 5) is 42.5. The Morgan fingerprint density at radius 3 is 2.11 bits per heavy atom. The molecule has 0 fully saturated rings. The van der Waals surface area contributed by atoms with Crippen LogP contribution in [0, 0.1) is 5.82 Å². The highest BCUT2D eigenvalue weighted by atomic mass is 19.1. The van der Waals surface area contributed by atoms with Gasteiger partial charge >= 0.3 is 0 Å². The van der Waals surface area contributed by atoms with Crippen molar-refractivity contribution in [2.24, 2.45) is 27.9 Å². The number of nitrogens with zero attached hydrogens (tertiary/aromatic N) is 1. The van der Waals surface area contributed by atoms with Crippen molar-refractivity contribution < 1.29 is 18.8 Å². The summed E-state index contributed by atoms with van der Waals surface area (Å²) in [6.45, 7) is 1.81. The highest BCUT2D eigenvalue weighted by Gasteiger charge is 2.26. The largest absolute Gasteiger partial charge is 0.370 e. The Morgan fingerprint density at radius 1 is 0.865 bits per heavy atom. The molecule has 0 spiro atoms. The molecule has 0 aliphatic carbocycles. The number of rotatable bonds is 19. The van der Waals surface area contributed by atoms with E-state index in [9.17, 15) is 18.8 Å². The first kappa shape index (κ1) is 31.8. The number of halogens is 1. The number of guanidine groups is 1. The van der Waals surface area contributed by atoms with Crippen molar-refractivity contribution in [3.8, 4) is 0 Å². The number of benzene rings is 1. The minimum Gasteiger partial charge on any atom is -0.370 e. The third-order valence-electron chi connectivity index (χ3n) is 5.61. The minimum absolute atomic E-state index is 0.0238. The second-order valence-corrected chi connectivity index (χ2v) is 8.86. The molecule has 1 aromatic carbocycles. The van der Waals surface area contributed by atoms with Gasteiger partial charge in [-0.15, -0.1) is 0 Å². The van der Waals surface area contributed by atoms with Gasteiger partial charge in [0, 0.05) is 13.1 Å². The number of unbranched alkanes of at least 4 members (excludes halogenated alkanes) is 3. The molecule has 0 bridgehead atoms. The molecule has 208 valence electrons. The number of amides is 3. The van der Waals surface area contributed by atoms with Gasteiger partial charge in [0.15, 0.2) is 5.96 Å². The zero-order valence-electron chi connectivity index (χ0n) is 21.5. The molecule has 0 saturated heterocycles. The average Bonchev–Trinajstić information content (AvgIpc) is 2.84. The Morgan fingerprint density at radius 2 is 1.51 bits per heavy atom. The summed E-state index contributed by atoms with van der Waals surface area (Å²) in [5.41, 5.74) is 22.3. The van der Waals surface area contributed by atoms with E-state index in [1.54, 1.807) is 6.07 Å². The minimum atomic E-state index is -0.850. The van der Waals surface area contributed by atoms with Crippen LogP contribution in [-0.2, 0) is 20.8 Å². The number of aliphatic imine (C=N–C) groups is 1. The van der Waals surface area contributed by atoms with Crippen LogP contribution in [0.3, 0.4) is 0 Å². The van der Waals surface area contributed by atoms with Crippen LogP contribution in [0.4, 0.5) is 4.39 Å². The van der Waals surface area contributed by atoms with Crippen LogP contribution in [0.25, 0.3) is 0 Å². The third-order valence-corrected chi connectivity index (χ3v) is 5.61. The Bertz CT molecular complexity index is 864. The summed E-state index contributed by atoms with van der Waals surface area (Å²) in [5.74, 6) is -1.59. The third kappa shape index (κ3) is 14.8. The van der Waals surface area contributed by atoms with Crippen LogP contribution in [-0.4, -0.2) is 61.9 Å². The lowest BCUT2D eigenvalue weighted by atomic mass is 10.0. The van der Waals surface area contributed by atoms with E-state index in [4.69, 9.17) is 22.9 Å². The van der Waals surface area contributed by atoms with Crippen LogP contribution in [0.1, 0.15) is 56.9 Å². The van der Waals surface area contributed by atoms with E-state index in [2.05, 4.69) is 20.9 Å². The summed E-state index contributed by atoms with van der Waals surface area (Å²) in [5, 5.41) is 8.37. The molecular formula is C25H43FN8O3. The molecule has 0 aromatic heterocycles. The van der Waals surface area contributed by atoms with Crippen LogP contribution in [0.15, 0.2) is 29.3 Å². The van der Waals surface area contributed by atoms with Gasteiger partial charge in [-0.1, -0.05) is 12.1 Å². The van der Waals surface area contributed by atoms with Gasteiger partial charge < -0.3 is 38.9 Å². The maximum atomic E-state index is 13.5. The lowest BCUT2D eigenvalue weighted by Crippen LogP contribution is -2.54. The molecule has 0 unspecified atom stereocenters. The molecule has 11 nitrogen and oxygen atoms in total. The fourth-order valence-corrected chi connectivity index (χ4v) is 3.65. The molecule has 1 aromatic rings. The molecule has 1 rings (SSSR count). The zero-order valence-corrected chi connectivity index (χ0v) is 21.5. The number of carbonyl (C=O) groups excluding carboxylic acids is 3. The highest BCUT2D eigenvalue weighted by molar-refractivity contribution is 5.92. The maximum absolute atomic E-state index is 13.5. The van der Waals surface area contributed by atoms with Crippen molar-refractivity contribution in [2.75, 3.05) is 26.2 Å². The number of hydrogen-bond acceptors (Lipinski definition) is 6. The topological polar surface area (TPSA) is 204 Å².